The van der Waals surface area contributed by atoms with E-state index in [2.05, 4.69) is 19.2 Å². The fourth-order valence-corrected chi connectivity index (χ4v) is 1.85. The number of benzene rings is 1. The Hall–Kier alpha value is -1.35. The van der Waals surface area contributed by atoms with Gasteiger partial charge in [0.1, 0.15) is 0 Å². The van der Waals surface area contributed by atoms with Gasteiger partial charge in [0.15, 0.2) is 0 Å². The molecule has 0 spiro atoms. The SMILES string of the molecule is CC(C)CC(O)CNC(=O)CCc1ccccc1. The van der Waals surface area contributed by atoms with Gasteiger partial charge in [0.05, 0.1) is 6.10 Å². The average molecular weight is 249 g/mol. The normalized spacial score (nSPS) is 12.4. The number of aliphatic hydroxyl groups is 1. The molecule has 0 aliphatic heterocycles. The van der Waals surface area contributed by atoms with Gasteiger partial charge in [-0.2, -0.15) is 0 Å². The van der Waals surface area contributed by atoms with Gasteiger partial charge >= 0.3 is 0 Å². The first-order valence-electron chi connectivity index (χ1n) is 6.56. The first-order chi connectivity index (χ1) is 8.58. The Kier molecular flexibility index (Phi) is 6.44. The van der Waals surface area contributed by atoms with Gasteiger partial charge in [0.25, 0.3) is 0 Å². The van der Waals surface area contributed by atoms with Crippen molar-refractivity contribution in [2.45, 2.75) is 39.2 Å². The van der Waals surface area contributed by atoms with E-state index in [-0.39, 0.29) is 5.91 Å². The monoisotopic (exact) mass is 249 g/mol. The second-order valence-electron chi connectivity index (χ2n) is 5.07. The third-order valence-corrected chi connectivity index (χ3v) is 2.76. The number of aryl methyl sites for hydroxylation is 1. The second-order valence-corrected chi connectivity index (χ2v) is 5.07. The molecule has 1 unspecified atom stereocenters. The molecule has 0 saturated carbocycles. The lowest BCUT2D eigenvalue weighted by Gasteiger charge is -2.13. The Labute approximate surface area is 109 Å². The van der Waals surface area contributed by atoms with Gasteiger partial charge in [-0.25, -0.2) is 0 Å². The highest BCUT2D eigenvalue weighted by Crippen LogP contribution is 2.04. The first kappa shape index (κ1) is 14.7. The van der Waals surface area contributed by atoms with Crippen molar-refractivity contribution >= 4 is 5.91 Å². The summed E-state index contributed by atoms with van der Waals surface area (Å²) in [6.45, 7) is 4.46. The molecule has 0 heterocycles. The molecule has 3 nitrogen and oxygen atoms in total. The van der Waals surface area contributed by atoms with Crippen molar-refractivity contribution in [3.63, 3.8) is 0 Å². The van der Waals surface area contributed by atoms with Crippen LogP contribution in [-0.4, -0.2) is 23.7 Å². The number of nitrogens with one attached hydrogen (secondary N) is 1. The Balaban J connectivity index is 2.18. The summed E-state index contributed by atoms with van der Waals surface area (Å²) in [6, 6.07) is 9.94. The van der Waals surface area contributed by atoms with E-state index in [4.69, 9.17) is 0 Å². The van der Waals surface area contributed by atoms with Crippen LogP contribution in [0.4, 0.5) is 0 Å². The van der Waals surface area contributed by atoms with E-state index in [1.54, 1.807) is 0 Å². The minimum atomic E-state index is -0.439. The van der Waals surface area contributed by atoms with Crippen LogP contribution in [0.1, 0.15) is 32.3 Å². The van der Waals surface area contributed by atoms with Crippen molar-refractivity contribution in [2.75, 3.05) is 6.54 Å². The molecule has 1 aromatic carbocycles. The molecule has 0 fully saturated rings. The zero-order valence-corrected chi connectivity index (χ0v) is 11.2. The number of carbonyl (C=O) groups is 1. The van der Waals surface area contributed by atoms with Crippen molar-refractivity contribution in [3.8, 4) is 0 Å². The van der Waals surface area contributed by atoms with Gasteiger partial charge in [-0.05, 0) is 24.3 Å². The Morgan fingerprint density at radius 1 is 1.28 bits per heavy atom. The lowest BCUT2D eigenvalue weighted by molar-refractivity contribution is -0.121. The van der Waals surface area contributed by atoms with Crippen molar-refractivity contribution in [1.82, 2.24) is 5.32 Å². The van der Waals surface area contributed by atoms with Crippen molar-refractivity contribution < 1.29 is 9.90 Å². The summed E-state index contributed by atoms with van der Waals surface area (Å²) in [5.74, 6) is 0.447. The number of aliphatic hydroxyl groups excluding tert-OH is 1. The number of amides is 1. The predicted molar refractivity (Wildman–Crippen MR) is 73.2 cm³/mol. The largest absolute Gasteiger partial charge is 0.391 e. The summed E-state index contributed by atoms with van der Waals surface area (Å²) >= 11 is 0. The van der Waals surface area contributed by atoms with Crippen LogP contribution in [0.3, 0.4) is 0 Å². The molecule has 0 aliphatic rings. The number of carbonyl (C=O) groups excluding carboxylic acids is 1. The Morgan fingerprint density at radius 3 is 2.56 bits per heavy atom. The Morgan fingerprint density at radius 2 is 1.94 bits per heavy atom. The van der Waals surface area contributed by atoms with Crippen LogP contribution in [0.2, 0.25) is 0 Å². The lowest BCUT2D eigenvalue weighted by atomic mass is 10.1. The summed E-state index contributed by atoms with van der Waals surface area (Å²) < 4.78 is 0. The third-order valence-electron chi connectivity index (χ3n) is 2.76. The molecular formula is C15H23NO2. The van der Waals surface area contributed by atoms with Crippen LogP contribution < -0.4 is 5.32 Å². The molecule has 2 N–H and O–H groups in total. The first-order valence-corrected chi connectivity index (χ1v) is 6.56. The highest BCUT2D eigenvalue weighted by atomic mass is 16.3. The molecule has 1 amide bonds. The molecule has 0 saturated heterocycles. The van der Waals surface area contributed by atoms with E-state index in [1.165, 1.54) is 0 Å². The van der Waals surface area contributed by atoms with Crippen LogP contribution in [-0.2, 0) is 11.2 Å². The summed E-state index contributed by atoms with van der Waals surface area (Å²) in [7, 11) is 0. The van der Waals surface area contributed by atoms with E-state index in [0.717, 1.165) is 18.4 Å². The van der Waals surface area contributed by atoms with E-state index < -0.39 is 6.10 Å². The molecule has 0 radical (unpaired) electrons. The second kappa shape index (κ2) is 7.88. The van der Waals surface area contributed by atoms with Gasteiger partial charge < -0.3 is 10.4 Å². The number of hydrogen-bond donors (Lipinski definition) is 2. The molecule has 0 bridgehead atoms. The zero-order valence-electron chi connectivity index (χ0n) is 11.2. The van der Waals surface area contributed by atoms with E-state index >= 15 is 0 Å². The van der Waals surface area contributed by atoms with Gasteiger partial charge in [-0.15, -0.1) is 0 Å². The smallest absolute Gasteiger partial charge is 0.220 e. The van der Waals surface area contributed by atoms with Crippen molar-refractivity contribution in [3.05, 3.63) is 35.9 Å². The third kappa shape index (κ3) is 6.40. The molecule has 18 heavy (non-hydrogen) atoms. The van der Waals surface area contributed by atoms with Gasteiger partial charge in [0, 0.05) is 13.0 Å². The topological polar surface area (TPSA) is 49.3 Å². The average Bonchev–Trinajstić information content (AvgIpc) is 2.34. The van der Waals surface area contributed by atoms with Gasteiger partial charge in [-0.1, -0.05) is 44.2 Å². The summed E-state index contributed by atoms with van der Waals surface area (Å²) in [5.41, 5.74) is 1.16. The van der Waals surface area contributed by atoms with Crippen molar-refractivity contribution in [1.29, 1.82) is 0 Å². The fourth-order valence-electron chi connectivity index (χ4n) is 1.85. The van der Waals surface area contributed by atoms with E-state index in [1.807, 2.05) is 30.3 Å². The molecule has 1 aromatic rings. The van der Waals surface area contributed by atoms with Gasteiger partial charge in [0.2, 0.25) is 5.91 Å². The molecule has 0 aromatic heterocycles. The molecule has 3 heteroatoms. The maximum absolute atomic E-state index is 11.6. The molecule has 1 atom stereocenters. The summed E-state index contributed by atoms with van der Waals surface area (Å²) in [5, 5.41) is 12.4. The highest BCUT2D eigenvalue weighted by molar-refractivity contribution is 5.76. The highest BCUT2D eigenvalue weighted by Gasteiger charge is 2.08. The summed E-state index contributed by atoms with van der Waals surface area (Å²) in [6.07, 6.45) is 1.50. The van der Waals surface area contributed by atoms with E-state index in [9.17, 15) is 9.90 Å². The zero-order chi connectivity index (χ0) is 13.4. The van der Waals surface area contributed by atoms with Crippen LogP contribution >= 0.6 is 0 Å². The molecule has 100 valence electrons. The minimum absolute atomic E-state index is 0.00154. The predicted octanol–water partition coefficient (Wildman–Crippen LogP) is 2.14. The lowest BCUT2D eigenvalue weighted by Crippen LogP contribution is -2.32. The van der Waals surface area contributed by atoms with Crippen LogP contribution in [0.5, 0.6) is 0 Å². The maximum Gasteiger partial charge on any atom is 0.220 e. The number of hydrogen-bond acceptors (Lipinski definition) is 2. The van der Waals surface area contributed by atoms with Crippen LogP contribution in [0.15, 0.2) is 30.3 Å². The molecule has 0 aliphatic carbocycles. The summed E-state index contributed by atoms with van der Waals surface area (Å²) in [4.78, 5) is 11.6. The van der Waals surface area contributed by atoms with Crippen LogP contribution in [0, 0.1) is 5.92 Å². The molecule has 1 rings (SSSR count). The molecular weight excluding hydrogens is 226 g/mol. The standard InChI is InChI=1S/C15H23NO2/c1-12(2)10-14(17)11-16-15(18)9-8-13-6-4-3-5-7-13/h3-7,12,14,17H,8-11H2,1-2H3,(H,16,18). The van der Waals surface area contributed by atoms with Gasteiger partial charge in [-0.3, -0.25) is 4.79 Å². The van der Waals surface area contributed by atoms with Crippen LogP contribution in [0.25, 0.3) is 0 Å². The Bertz CT molecular complexity index is 349. The maximum atomic E-state index is 11.6. The fraction of sp³-hybridized carbons (Fsp3) is 0.533. The number of rotatable bonds is 7. The minimum Gasteiger partial charge on any atom is -0.391 e. The van der Waals surface area contributed by atoms with Crippen molar-refractivity contribution in [2.24, 2.45) is 5.92 Å². The van der Waals surface area contributed by atoms with E-state index in [0.29, 0.717) is 18.9 Å². The quantitative estimate of drug-likeness (QED) is 0.778.